The minimum absolute atomic E-state index is 0.103. The van der Waals surface area contributed by atoms with Gasteiger partial charge in [-0.05, 0) is 49.7 Å². The predicted molar refractivity (Wildman–Crippen MR) is 97.1 cm³/mol. The molecule has 1 heterocycles. The molecule has 6 nitrogen and oxygen atoms in total. The molecular formula is C18H21N3O3S. The van der Waals surface area contributed by atoms with Crippen LogP contribution in [0.4, 0.5) is 5.69 Å². The summed E-state index contributed by atoms with van der Waals surface area (Å²) < 4.78 is 27.3. The zero-order chi connectivity index (χ0) is 17.7. The van der Waals surface area contributed by atoms with Crippen LogP contribution in [-0.4, -0.2) is 33.5 Å². The second-order valence-corrected chi connectivity index (χ2v) is 7.70. The number of benzene rings is 2. The zero-order valence-electron chi connectivity index (χ0n) is 13.7. The van der Waals surface area contributed by atoms with Gasteiger partial charge in [-0.15, -0.1) is 0 Å². The van der Waals surface area contributed by atoms with Crippen molar-refractivity contribution in [1.29, 1.82) is 0 Å². The highest BCUT2D eigenvalue weighted by atomic mass is 32.2. The van der Waals surface area contributed by atoms with Gasteiger partial charge in [-0.2, -0.15) is 0 Å². The van der Waals surface area contributed by atoms with E-state index in [0.717, 1.165) is 25.9 Å². The van der Waals surface area contributed by atoms with Gasteiger partial charge in [0.1, 0.15) is 0 Å². The maximum absolute atomic E-state index is 12.4. The summed E-state index contributed by atoms with van der Waals surface area (Å²) in [6, 6.07) is 14.7. The number of nitrogens with one attached hydrogen (secondary N) is 3. The molecule has 1 aliphatic heterocycles. The fourth-order valence-corrected chi connectivity index (χ4v) is 3.85. The molecule has 132 valence electrons. The second-order valence-electron chi connectivity index (χ2n) is 6.02. The standard InChI is InChI=1S/C18H21N3O3S/c22-18(20-16-8-5-11-19-13-16)14-6-4-7-15(12-14)21-25(23,24)17-9-2-1-3-10-17/h1-4,6-7,9-10,12,16,19,21H,5,8,11,13H2,(H,20,22). The third-order valence-corrected chi connectivity index (χ3v) is 5.46. The van der Waals surface area contributed by atoms with Crippen molar-refractivity contribution < 1.29 is 13.2 Å². The molecule has 0 spiro atoms. The van der Waals surface area contributed by atoms with E-state index in [0.29, 0.717) is 11.3 Å². The van der Waals surface area contributed by atoms with Gasteiger partial charge < -0.3 is 10.6 Å². The first-order chi connectivity index (χ1) is 12.0. The van der Waals surface area contributed by atoms with Gasteiger partial charge >= 0.3 is 0 Å². The predicted octanol–water partition coefficient (Wildman–Crippen LogP) is 1.97. The van der Waals surface area contributed by atoms with E-state index < -0.39 is 10.0 Å². The van der Waals surface area contributed by atoms with Gasteiger partial charge in [-0.25, -0.2) is 8.42 Å². The molecule has 2 aromatic rings. The Labute approximate surface area is 147 Å². The number of rotatable bonds is 5. The smallest absolute Gasteiger partial charge is 0.261 e. The van der Waals surface area contributed by atoms with E-state index in [9.17, 15) is 13.2 Å². The van der Waals surface area contributed by atoms with E-state index in [1.807, 2.05) is 0 Å². The normalized spacial score (nSPS) is 17.7. The Morgan fingerprint density at radius 3 is 2.60 bits per heavy atom. The number of piperidine rings is 1. The Hall–Kier alpha value is -2.38. The molecule has 1 atom stereocenters. The highest BCUT2D eigenvalue weighted by molar-refractivity contribution is 7.92. The lowest BCUT2D eigenvalue weighted by Gasteiger charge is -2.23. The van der Waals surface area contributed by atoms with E-state index >= 15 is 0 Å². The quantitative estimate of drug-likeness (QED) is 0.762. The molecule has 7 heteroatoms. The third-order valence-electron chi connectivity index (χ3n) is 4.06. The van der Waals surface area contributed by atoms with Gasteiger partial charge in [0.15, 0.2) is 0 Å². The maximum Gasteiger partial charge on any atom is 0.261 e. The molecule has 0 aromatic heterocycles. The van der Waals surface area contributed by atoms with Gasteiger partial charge in [0.05, 0.1) is 4.90 Å². The number of carbonyl (C=O) groups is 1. The van der Waals surface area contributed by atoms with E-state index in [2.05, 4.69) is 15.4 Å². The van der Waals surface area contributed by atoms with E-state index in [1.54, 1.807) is 42.5 Å². The van der Waals surface area contributed by atoms with Crippen LogP contribution in [0.1, 0.15) is 23.2 Å². The lowest BCUT2D eigenvalue weighted by atomic mass is 10.1. The molecule has 1 aliphatic rings. The molecule has 2 aromatic carbocycles. The summed E-state index contributed by atoms with van der Waals surface area (Å²) in [6.07, 6.45) is 1.97. The lowest BCUT2D eigenvalue weighted by Crippen LogP contribution is -2.45. The Kier molecular flexibility index (Phi) is 5.35. The SMILES string of the molecule is O=C(NC1CCCNC1)c1cccc(NS(=O)(=O)c2ccccc2)c1. The van der Waals surface area contributed by atoms with Crippen LogP contribution in [0.5, 0.6) is 0 Å². The first-order valence-corrected chi connectivity index (χ1v) is 9.72. The average molecular weight is 359 g/mol. The van der Waals surface area contributed by atoms with Crippen LogP contribution in [0.2, 0.25) is 0 Å². The minimum Gasteiger partial charge on any atom is -0.348 e. The maximum atomic E-state index is 12.4. The van der Waals surface area contributed by atoms with Crippen molar-refractivity contribution in [3.05, 3.63) is 60.2 Å². The van der Waals surface area contributed by atoms with Crippen molar-refractivity contribution in [3.63, 3.8) is 0 Å². The molecule has 1 unspecified atom stereocenters. The highest BCUT2D eigenvalue weighted by Crippen LogP contribution is 2.17. The van der Waals surface area contributed by atoms with Crippen LogP contribution in [0.3, 0.4) is 0 Å². The van der Waals surface area contributed by atoms with Crippen LogP contribution in [0, 0.1) is 0 Å². The zero-order valence-corrected chi connectivity index (χ0v) is 14.6. The van der Waals surface area contributed by atoms with Gasteiger partial charge in [0.25, 0.3) is 15.9 Å². The largest absolute Gasteiger partial charge is 0.348 e. The van der Waals surface area contributed by atoms with E-state index in [1.165, 1.54) is 12.1 Å². The molecule has 0 bridgehead atoms. The van der Waals surface area contributed by atoms with Gasteiger partial charge in [0.2, 0.25) is 0 Å². The van der Waals surface area contributed by atoms with Crippen LogP contribution in [0.15, 0.2) is 59.5 Å². The number of anilines is 1. The van der Waals surface area contributed by atoms with Crippen molar-refractivity contribution >= 4 is 21.6 Å². The summed E-state index contributed by atoms with van der Waals surface area (Å²) >= 11 is 0. The van der Waals surface area contributed by atoms with Crippen LogP contribution in [-0.2, 0) is 10.0 Å². The molecule has 1 saturated heterocycles. The number of carbonyl (C=O) groups excluding carboxylic acids is 1. The average Bonchev–Trinajstić information content (AvgIpc) is 2.63. The summed E-state index contributed by atoms with van der Waals surface area (Å²) in [6.45, 7) is 1.73. The second kappa shape index (κ2) is 7.67. The molecule has 3 rings (SSSR count). The number of sulfonamides is 1. The molecule has 0 radical (unpaired) electrons. The van der Waals surface area contributed by atoms with Gasteiger partial charge in [-0.3, -0.25) is 9.52 Å². The molecule has 0 saturated carbocycles. The number of hydrogen-bond donors (Lipinski definition) is 3. The van der Waals surface area contributed by atoms with E-state index in [-0.39, 0.29) is 16.8 Å². The fraction of sp³-hybridized carbons (Fsp3) is 0.278. The summed E-state index contributed by atoms with van der Waals surface area (Å²) in [4.78, 5) is 12.6. The first kappa shape index (κ1) is 17.4. The molecule has 0 aliphatic carbocycles. The molecular weight excluding hydrogens is 338 g/mol. The Bertz CT molecular complexity index is 832. The van der Waals surface area contributed by atoms with Crippen molar-refractivity contribution in [2.45, 2.75) is 23.8 Å². The number of hydrogen-bond acceptors (Lipinski definition) is 4. The molecule has 1 fully saturated rings. The third kappa shape index (κ3) is 4.58. The first-order valence-electron chi connectivity index (χ1n) is 8.24. The fourth-order valence-electron chi connectivity index (χ4n) is 2.78. The van der Waals surface area contributed by atoms with Gasteiger partial charge in [-0.1, -0.05) is 24.3 Å². The topological polar surface area (TPSA) is 87.3 Å². The summed E-state index contributed by atoms with van der Waals surface area (Å²) in [7, 11) is -3.67. The van der Waals surface area contributed by atoms with Crippen LogP contribution < -0.4 is 15.4 Å². The van der Waals surface area contributed by atoms with Crippen LogP contribution >= 0.6 is 0 Å². The molecule has 25 heavy (non-hydrogen) atoms. The number of amides is 1. The minimum atomic E-state index is -3.67. The lowest BCUT2D eigenvalue weighted by molar-refractivity contribution is 0.0930. The Balaban J connectivity index is 1.72. The van der Waals surface area contributed by atoms with Crippen molar-refractivity contribution in [3.8, 4) is 0 Å². The Morgan fingerprint density at radius 1 is 1.08 bits per heavy atom. The molecule has 1 amide bonds. The summed E-state index contributed by atoms with van der Waals surface area (Å²) in [5, 5.41) is 6.22. The monoisotopic (exact) mass is 359 g/mol. The summed E-state index contributed by atoms with van der Waals surface area (Å²) in [5.41, 5.74) is 0.789. The van der Waals surface area contributed by atoms with E-state index in [4.69, 9.17) is 0 Å². The highest BCUT2D eigenvalue weighted by Gasteiger charge is 2.18. The van der Waals surface area contributed by atoms with Crippen molar-refractivity contribution in [1.82, 2.24) is 10.6 Å². The van der Waals surface area contributed by atoms with Crippen LogP contribution in [0.25, 0.3) is 0 Å². The Morgan fingerprint density at radius 2 is 1.88 bits per heavy atom. The van der Waals surface area contributed by atoms with Crippen molar-refractivity contribution in [2.75, 3.05) is 17.8 Å². The summed E-state index contributed by atoms with van der Waals surface area (Å²) in [5.74, 6) is -0.200. The van der Waals surface area contributed by atoms with Crippen molar-refractivity contribution in [2.24, 2.45) is 0 Å². The molecule has 3 N–H and O–H groups in total. The van der Waals surface area contributed by atoms with Gasteiger partial charge in [0, 0.05) is 23.8 Å².